The molecule has 0 bridgehead atoms. The van der Waals surface area contributed by atoms with Crippen molar-refractivity contribution < 1.29 is 19.1 Å². The fourth-order valence-corrected chi connectivity index (χ4v) is 3.06. The zero-order chi connectivity index (χ0) is 14.7. The molecule has 1 aliphatic carbocycles. The first-order valence-corrected chi connectivity index (χ1v) is 7.19. The molecule has 0 aromatic rings. The third kappa shape index (κ3) is 3.46. The minimum absolute atomic E-state index is 0.132. The number of esters is 1. The summed E-state index contributed by atoms with van der Waals surface area (Å²) < 4.78 is 5.30. The third-order valence-corrected chi connectivity index (χ3v) is 4.39. The summed E-state index contributed by atoms with van der Waals surface area (Å²) in [6.45, 7) is 4.80. The van der Waals surface area contributed by atoms with Crippen molar-refractivity contribution in [2.75, 3.05) is 6.61 Å². The molecule has 0 spiro atoms. The molecule has 1 N–H and O–H groups in total. The van der Waals surface area contributed by atoms with E-state index in [1.54, 1.807) is 0 Å². The minimum Gasteiger partial charge on any atom is -0.465 e. The van der Waals surface area contributed by atoms with Crippen molar-refractivity contribution in [2.45, 2.75) is 39.5 Å². The summed E-state index contributed by atoms with van der Waals surface area (Å²) >= 11 is 0. The van der Waals surface area contributed by atoms with E-state index in [-0.39, 0.29) is 12.0 Å². The summed E-state index contributed by atoms with van der Waals surface area (Å²) in [5.41, 5.74) is 0.185. The number of ether oxygens (including phenoxy) is 1. The van der Waals surface area contributed by atoms with Gasteiger partial charge in [0, 0.05) is 11.6 Å². The number of imide groups is 1. The van der Waals surface area contributed by atoms with E-state index in [0.29, 0.717) is 24.4 Å². The molecule has 1 heterocycles. The zero-order valence-corrected chi connectivity index (χ0v) is 12.0. The molecule has 2 rings (SSSR count). The van der Waals surface area contributed by atoms with E-state index < -0.39 is 17.8 Å². The molecule has 0 aromatic heterocycles. The highest BCUT2D eigenvalue weighted by Crippen LogP contribution is 2.34. The van der Waals surface area contributed by atoms with E-state index >= 15 is 0 Å². The maximum atomic E-state index is 11.8. The predicted octanol–water partition coefficient (Wildman–Crippen LogP) is 1.57. The van der Waals surface area contributed by atoms with Gasteiger partial charge in [-0.1, -0.05) is 33.1 Å². The molecule has 110 valence electrons. The molecule has 2 aliphatic rings. The van der Waals surface area contributed by atoms with E-state index in [4.69, 9.17) is 4.74 Å². The van der Waals surface area contributed by atoms with Gasteiger partial charge in [-0.2, -0.15) is 0 Å². The number of nitrogens with one attached hydrogen (secondary N) is 1. The number of rotatable bonds is 4. The van der Waals surface area contributed by atoms with Crippen LogP contribution in [0, 0.1) is 17.8 Å². The molecule has 20 heavy (non-hydrogen) atoms. The molecule has 2 atom stereocenters. The Morgan fingerprint density at radius 3 is 2.50 bits per heavy atom. The average molecular weight is 279 g/mol. The number of hydrogen-bond acceptors (Lipinski definition) is 4. The first-order valence-electron chi connectivity index (χ1n) is 7.19. The van der Waals surface area contributed by atoms with Crippen molar-refractivity contribution in [2.24, 2.45) is 17.8 Å². The van der Waals surface area contributed by atoms with Gasteiger partial charge in [-0.25, -0.2) is 0 Å². The Bertz CT molecular complexity index is 445. The van der Waals surface area contributed by atoms with Gasteiger partial charge in [0.25, 0.3) is 11.8 Å². The smallest absolute Gasteiger partial charge is 0.310 e. The van der Waals surface area contributed by atoms with E-state index in [1.807, 2.05) is 0 Å². The molecule has 5 heteroatoms. The number of carbonyl (C=O) groups excluding carboxylic acids is 3. The Labute approximate surface area is 118 Å². The van der Waals surface area contributed by atoms with Gasteiger partial charge in [-0.15, -0.1) is 0 Å². The molecule has 0 saturated heterocycles. The van der Waals surface area contributed by atoms with Crippen LogP contribution >= 0.6 is 0 Å². The van der Waals surface area contributed by atoms with Crippen LogP contribution in [0.4, 0.5) is 0 Å². The molecule has 5 nitrogen and oxygen atoms in total. The van der Waals surface area contributed by atoms with Gasteiger partial charge in [-0.3, -0.25) is 19.7 Å². The van der Waals surface area contributed by atoms with Gasteiger partial charge in [0.2, 0.25) is 0 Å². The highest BCUT2D eigenvalue weighted by atomic mass is 16.5. The Kier molecular flexibility index (Phi) is 4.57. The lowest BCUT2D eigenvalue weighted by molar-refractivity contribution is -0.146. The Morgan fingerprint density at radius 1 is 1.30 bits per heavy atom. The van der Waals surface area contributed by atoms with Gasteiger partial charge in [0.1, 0.15) is 0 Å². The SMILES string of the molecule is C[C@H]1CCC[C@H](C)C1COC(=O)CC1=CC(=O)NC1=O. The van der Waals surface area contributed by atoms with Crippen molar-refractivity contribution in [3.63, 3.8) is 0 Å². The second-order valence-corrected chi connectivity index (χ2v) is 5.90. The van der Waals surface area contributed by atoms with Crippen LogP contribution in [0.1, 0.15) is 39.5 Å². The fourth-order valence-electron chi connectivity index (χ4n) is 3.06. The van der Waals surface area contributed by atoms with E-state index in [0.717, 1.165) is 6.08 Å². The molecule has 1 saturated carbocycles. The second-order valence-electron chi connectivity index (χ2n) is 5.90. The summed E-state index contributed by atoms with van der Waals surface area (Å²) in [6, 6.07) is 0. The topological polar surface area (TPSA) is 72.5 Å². The molecular formula is C15H21NO4. The molecule has 1 aliphatic heterocycles. The summed E-state index contributed by atoms with van der Waals surface area (Å²) in [7, 11) is 0. The Morgan fingerprint density at radius 2 is 1.95 bits per heavy atom. The summed E-state index contributed by atoms with van der Waals surface area (Å²) in [5.74, 6) is 0.106. The Hall–Kier alpha value is -1.65. The molecule has 1 fully saturated rings. The van der Waals surface area contributed by atoms with Crippen molar-refractivity contribution in [1.29, 1.82) is 0 Å². The summed E-state index contributed by atoms with van der Waals surface area (Å²) in [6.07, 6.45) is 4.62. The molecule has 0 radical (unpaired) electrons. The van der Waals surface area contributed by atoms with E-state index in [1.165, 1.54) is 19.3 Å². The monoisotopic (exact) mass is 279 g/mol. The standard InChI is InChI=1S/C15H21NO4/c1-9-4-3-5-10(2)12(9)8-20-14(18)7-11-6-13(17)16-15(11)19/h6,9-10,12H,3-5,7-8H2,1-2H3,(H,16,17,19)/t9-,10-/m0/s1. The van der Waals surface area contributed by atoms with Crippen LogP contribution in [0.15, 0.2) is 11.6 Å². The minimum atomic E-state index is -0.494. The van der Waals surface area contributed by atoms with Crippen LogP contribution in [-0.2, 0) is 19.1 Å². The predicted molar refractivity (Wildman–Crippen MR) is 72.5 cm³/mol. The number of hydrogen-bond donors (Lipinski definition) is 1. The van der Waals surface area contributed by atoms with Gasteiger partial charge in [0.15, 0.2) is 0 Å². The van der Waals surface area contributed by atoms with Gasteiger partial charge in [0.05, 0.1) is 13.0 Å². The van der Waals surface area contributed by atoms with Gasteiger partial charge >= 0.3 is 5.97 Å². The number of carbonyl (C=O) groups is 3. The van der Waals surface area contributed by atoms with Crippen LogP contribution in [0.25, 0.3) is 0 Å². The van der Waals surface area contributed by atoms with Crippen molar-refractivity contribution in [3.05, 3.63) is 11.6 Å². The lowest BCUT2D eigenvalue weighted by atomic mass is 9.74. The third-order valence-electron chi connectivity index (χ3n) is 4.39. The van der Waals surface area contributed by atoms with Crippen LogP contribution < -0.4 is 5.32 Å². The highest BCUT2D eigenvalue weighted by molar-refractivity contribution is 6.17. The zero-order valence-electron chi connectivity index (χ0n) is 12.0. The maximum absolute atomic E-state index is 11.8. The van der Waals surface area contributed by atoms with Crippen LogP contribution in [0.2, 0.25) is 0 Å². The second kappa shape index (κ2) is 6.20. The normalized spacial score (nSPS) is 27.2. The molecule has 2 amide bonds. The summed E-state index contributed by atoms with van der Waals surface area (Å²) in [4.78, 5) is 34.1. The largest absolute Gasteiger partial charge is 0.465 e. The first-order chi connectivity index (χ1) is 9.47. The first kappa shape index (κ1) is 14.8. The number of amides is 2. The van der Waals surface area contributed by atoms with Crippen molar-refractivity contribution in [3.8, 4) is 0 Å². The van der Waals surface area contributed by atoms with Crippen LogP contribution in [-0.4, -0.2) is 24.4 Å². The van der Waals surface area contributed by atoms with Crippen molar-refractivity contribution in [1.82, 2.24) is 5.32 Å². The quantitative estimate of drug-likeness (QED) is 0.626. The lowest BCUT2D eigenvalue weighted by Crippen LogP contribution is -2.30. The van der Waals surface area contributed by atoms with Gasteiger partial charge in [-0.05, 0) is 17.8 Å². The van der Waals surface area contributed by atoms with Crippen molar-refractivity contribution >= 4 is 17.8 Å². The Balaban J connectivity index is 1.82. The highest BCUT2D eigenvalue weighted by Gasteiger charge is 2.29. The van der Waals surface area contributed by atoms with E-state index in [9.17, 15) is 14.4 Å². The molecule has 0 unspecified atom stereocenters. The maximum Gasteiger partial charge on any atom is 0.310 e. The lowest BCUT2D eigenvalue weighted by Gasteiger charge is -2.34. The molecule has 0 aromatic carbocycles. The summed E-state index contributed by atoms with van der Waals surface area (Å²) in [5, 5.41) is 2.11. The fraction of sp³-hybridized carbons (Fsp3) is 0.667. The molecular weight excluding hydrogens is 258 g/mol. The van der Waals surface area contributed by atoms with Crippen LogP contribution in [0.3, 0.4) is 0 Å². The average Bonchev–Trinajstić information content (AvgIpc) is 2.67. The van der Waals surface area contributed by atoms with Crippen LogP contribution in [0.5, 0.6) is 0 Å². The van der Waals surface area contributed by atoms with E-state index in [2.05, 4.69) is 19.2 Å². The van der Waals surface area contributed by atoms with Gasteiger partial charge < -0.3 is 4.74 Å².